The second kappa shape index (κ2) is 7.00. The fraction of sp³-hybridized carbons (Fsp3) is 0.182. The van der Waals surface area contributed by atoms with Crippen LogP contribution in [0.4, 0.5) is 11.4 Å². The van der Waals surface area contributed by atoms with Gasteiger partial charge < -0.3 is 9.80 Å². The molecule has 0 saturated carbocycles. The molecule has 1 aliphatic rings. The number of carbonyl (C=O) groups excluding carboxylic acids is 1. The third kappa shape index (κ3) is 3.18. The van der Waals surface area contributed by atoms with Gasteiger partial charge in [-0.05, 0) is 35.7 Å². The van der Waals surface area contributed by atoms with E-state index in [1.54, 1.807) is 6.20 Å². The van der Waals surface area contributed by atoms with Crippen molar-refractivity contribution in [3.8, 4) is 0 Å². The number of pyridine rings is 1. The van der Waals surface area contributed by atoms with Gasteiger partial charge in [0.1, 0.15) is 5.69 Å². The van der Waals surface area contributed by atoms with Crippen LogP contribution in [-0.2, 0) is 13.0 Å². The quantitative estimate of drug-likeness (QED) is 0.720. The summed E-state index contributed by atoms with van der Waals surface area (Å²) in [4.78, 5) is 21.3. The molecule has 0 atom stereocenters. The Hall–Kier alpha value is -3.14. The van der Waals surface area contributed by atoms with Crippen molar-refractivity contribution in [3.63, 3.8) is 0 Å². The van der Waals surface area contributed by atoms with Gasteiger partial charge >= 0.3 is 0 Å². The first-order valence-corrected chi connectivity index (χ1v) is 8.83. The minimum atomic E-state index is -0.0371. The Kier molecular flexibility index (Phi) is 4.40. The number of hydrogen-bond donors (Lipinski definition) is 0. The number of anilines is 2. The lowest BCUT2D eigenvalue weighted by Gasteiger charge is -2.21. The highest BCUT2D eigenvalue weighted by molar-refractivity contribution is 6.06. The van der Waals surface area contributed by atoms with Crippen LogP contribution < -0.4 is 9.80 Å². The van der Waals surface area contributed by atoms with Gasteiger partial charge in [0, 0.05) is 37.7 Å². The molecule has 1 amide bonds. The highest BCUT2D eigenvalue weighted by atomic mass is 16.2. The molecule has 0 unspecified atom stereocenters. The van der Waals surface area contributed by atoms with Gasteiger partial charge in [0.2, 0.25) is 0 Å². The Morgan fingerprint density at radius 3 is 2.69 bits per heavy atom. The molecule has 4 nitrogen and oxygen atoms in total. The number of aromatic nitrogens is 1. The summed E-state index contributed by atoms with van der Waals surface area (Å²) >= 11 is 0. The zero-order chi connectivity index (χ0) is 17.9. The molecule has 0 saturated heterocycles. The summed E-state index contributed by atoms with van der Waals surface area (Å²) in [5.41, 5.74) is 4.92. The van der Waals surface area contributed by atoms with Gasteiger partial charge in [-0.15, -0.1) is 0 Å². The molecule has 3 aromatic rings. The fourth-order valence-electron chi connectivity index (χ4n) is 3.41. The number of carbonyl (C=O) groups is 1. The lowest BCUT2D eigenvalue weighted by molar-refractivity contribution is 0.0984. The summed E-state index contributed by atoms with van der Waals surface area (Å²) in [5, 5.41) is 0. The van der Waals surface area contributed by atoms with Crippen LogP contribution in [0.15, 0.2) is 72.9 Å². The van der Waals surface area contributed by atoms with Crippen molar-refractivity contribution in [1.82, 2.24) is 4.98 Å². The smallest absolute Gasteiger partial charge is 0.276 e. The molecule has 0 aliphatic carbocycles. The van der Waals surface area contributed by atoms with E-state index >= 15 is 0 Å². The first-order valence-electron chi connectivity index (χ1n) is 8.83. The van der Waals surface area contributed by atoms with Gasteiger partial charge in [-0.3, -0.25) is 9.78 Å². The van der Waals surface area contributed by atoms with Gasteiger partial charge in [-0.1, -0.05) is 48.5 Å². The molecule has 2 aromatic carbocycles. The van der Waals surface area contributed by atoms with Crippen molar-refractivity contribution >= 4 is 17.3 Å². The predicted molar refractivity (Wildman–Crippen MR) is 105 cm³/mol. The van der Waals surface area contributed by atoms with Gasteiger partial charge in [-0.25, -0.2) is 0 Å². The van der Waals surface area contributed by atoms with Gasteiger partial charge in [0.15, 0.2) is 0 Å². The topological polar surface area (TPSA) is 36.4 Å². The maximum absolute atomic E-state index is 13.0. The van der Waals surface area contributed by atoms with Gasteiger partial charge in [0.05, 0.1) is 0 Å². The van der Waals surface area contributed by atoms with E-state index < -0.39 is 0 Å². The van der Waals surface area contributed by atoms with E-state index in [-0.39, 0.29) is 5.91 Å². The molecule has 0 N–H and O–H groups in total. The van der Waals surface area contributed by atoms with Crippen LogP contribution in [-0.4, -0.2) is 24.5 Å². The standard InChI is InChI=1S/C22H21N3O/c1-24(16-17-7-3-2-4-8-17)19-11-13-23-20(15-19)22(26)25-14-12-18-9-5-6-10-21(18)25/h2-11,13,15H,12,14,16H2,1H3. The van der Waals surface area contributed by atoms with Crippen molar-refractivity contribution in [2.75, 3.05) is 23.4 Å². The van der Waals surface area contributed by atoms with Crippen molar-refractivity contribution < 1.29 is 4.79 Å². The lowest BCUT2D eigenvalue weighted by Crippen LogP contribution is -2.30. The SMILES string of the molecule is CN(Cc1ccccc1)c1ccnc(C(=O)N2CCc3ccccc32)c1. The van der Waals surface area contributed by atoms with Crippen LogP contribution in [0.3, 0.4) is 0 Å². The largest absolute Gasteiger partial charge is 0.370 e. The van der Waals surface area contributed by atoms with Crippen LogP contribution in [0.2, 0.25) is 0 Å². The minimum Gasteiger partial charge on any atom is -0.370 e. The Morgan fingerprint density at radius 2 is 1.85 bits per heavy atom. The van der Waals surface area contributed by atoms with Gasteiger partial charge in [-0.2, -0.15) is 0 Å². The Balaban J connectivity index is 1.55. The molecule has 1 aliphatic heterocycles. The number of fused-ring (bicyclic) bond motifs is 1. The molecule has 0 spiro atoms. The summed E-state index contributed by atoms with van der Waals surface area (Å²) in [5.74, 6) is -0.0371. The second-order valence-electron chi connectivity index (χ2n) is 6.58. The highest BCUT2D eigenvalue weighted by Crippen LogP contribution is 2.29. The van der Waals surface area contributed by atoms with Crippen molar-refractivity contribution in [3.05, 3.63) is 89.7 Å². The zero-order valence-electron chi connectivity index (χ0n) is 14.8. The number of nitrogens with zero attached hydrogens (tertiary/aromatic N) is 3. The molecule has 0 fully saturated rings. The van der Waals surface area contributed by atoms with Crippen LogP contribution in [0.5, 0.6) is 0 Å². The van der Waals surface area contributed by atoms with E-state index in [0.717, 1.165) is 24.3 Å². The van der Waals surface area contributed by atoms with E-state index in [1.165, 1.54) is 11.1 Å². The van der Waals surface area contributed by atoms with E-state index in [4.69, 9.17) is 0 Å². The Labute approximate surface area is 153 Å². The van der Waals surface area contributed by atoms with E-state index in [1.807, 2.05) is 60.5 Å². The zero-order valence-corrected chi connectivity index (χ0v) is 14.8. The molecule has 4 rings (SSSR count). The molecule has 1 aromatic heterocycles. The normalized spacial score (nSPS) is 12.7. The Bertz CT molecular complexity index is 923. The number of hydrogen-bond acceptors (Lipinski definition) is 3. The van der Waals surface area contributed by atoms with Crippen LogP contribution in [0.1, 0.15) is 21.6 Å². The third-order valence-corrected chi connectivity index (χ3v) is 4.80. The molecule has 4 heteroatoms. The van der Waals surface area contributed by atoms with Crippen molar-refractivity contribution in [1.29, 1.82) is 0 Å². The van der Waals surface area contributed by atoms with Crippen LogP contribution in [0.25, 0.3) is 0 Å². The summed E-state index contributed by atoms with van der Waals surface area (Å²) in [6.45, 7) is 1.50. The first kappa shape index (κ1) is 16.3. The molecular formula is C22H21N3O. The predicted octanol–water partition coefficient (Wildman–Crippen LogP) is 3.92. The summed E-state index contributed by atoms with van der Waals surface area (Å²) in [6, 6.07) is 22.2. The van der Waals surface area contributed by atoms with E-state index in [0.29, 0.717) is 12.2 Å². The maximum atomic E-state index is 13.0. The summed E-state index contributed by atoms with van der Waals surface area (Å²) in [6.07, 6.45) is 2.61. The first-order chi connectivity index (χ1) is 12.7. The number of benzene rings is 2. The van der Waals surface area contributed by atoms with E-state index in [9.17, 15) is 4.79 Å². The van der Waals surface area contributed by atoms with E-state index in [2.05, 4.69) is 28.1 Å². The average molecular weight is 343 g/mol. The molecule has 130 valence electrons. The molecular weight excluding hydrogens is 322 g/mol. The Morgan fingerprint density at radius 1 is 1.08 bits per heavy atom. The number of rotatable bonds is 4. The third-order valence-electron chi connectivity index (χ3n) is 4.80. The van der Waals surface area contributed by atoms with Crippen LogP contribution in [0, 0.1) is 0 Å². The second-order valence-corrected chi connectivity index (χ2v) is 6.58. The molecule has 2 heterocycles. The monoisotopic (exact) mass is 343 g/mol. The highest BCUT2D eigenvalue weighted by Gasteiger charge is 2.26. The van der Waals surface area contributed by atoms with Crippen molar-refractivity contribution in [2.24, 2.45) is 0 Å². The summed E-state index contributed by atoms with van der Waals surface area (Å²) in [7, 11) is 2.03. The molecule has 0 radical (unpaired) electrons. The van der Waals surface area contributed by atoms with Crippen molar-refractivity contribution in [2.45, 2.75) is 13.0 Å². The molecule has 26 heavy (non-hydrogen) atoms. The fourth-order valence-corrected chi connectivity index (χ4v) is 3.41. The maximum Gasteiger partial charge on any atom is 0.276 e. The van der Waals surface area contributed by atoms with Crippen LogP contribution >= 0.6 is 0 Å². The average Bonchev–Trinajstić information content (AvgIpc) is 3.12. The minimum absolute atomic E-state index is 0.0371. The number of para-hydroxylation sites is 1. The molecule has 0 bridgehead atoms. The lowest BCUT2D eigenvalue weighted by atomic mass is 10.2. The number of amides is 1. The van der Waals surface area contributed by atoms with Gasteiger partial charge in [0.25, 0.3) is 5.91 Å². The summed E-state index contributed by atoms with van der Waals surface area (Å²) < 4.78 is 0.